The Kier molecular flexibility index (Phi) is 3.05. The first-order valence-corrected chi connectivity index (χ1v) is 4.51. The highest BCUT2D eigenvalue weighted by Crippen LogP contribution is 2.22. The second-order valence-corrected chi connectivity index (χ2v) is 3.47. The predicted molar refractivity (Wildman–Crippen MR) is 51.3 cm³/mol. The average molecular weight is 218 g/mol. The van der Waals surface area contributed by atoms with Crippen LogP contribution in [0.3, 0.4) is 0 Å². The first-order chi connectivity index (χ1) is 5.24. The van der Waals surface area contributed by atoms with Crippen LogP contribution in [0.1, 0.15) is 26.2 Å². The Hall–Kier alpha value is -0.380. The van der Waals surface area contributed by atoms with Crippen LogP contribution in [0.15, 0.2) is 10.1 Å². The second kappa shape index (κ2) is 3.85. The molecular formula is C7H12BrN3. The van der Waals surface area contributed by atoms with Crippen LogP contribution in [-0.4, -0.2) is 16.4 Å². The maximum absolute atomic E-state index is 5.07. The van der Waals surface area contributed by atoms with Crippen molar-refractivity contribution in [1.29, 1.82) is 0 Å². The lowest BCUT2D eigenvalue weighted by Gasteiger charge is -2.21. The molecule has 1 rings (SSSR count). The van der Waals surface area contributed by atoms with Crippen molar-refractivity contribution < 1.29 is 0 Å². The molecule has 0 aromatic heterocycles. The lowest BCUT2D eigenvalue weighted by Crippen LogP contribution is -2.18. The number of nitrogens with two attached hydrogens (primary N) is 1. The highest BCUT2D eigenvalue weighted by molar-refractivity contribution is 9.19. The van der Waals surface area contributed by atoms with Crippen molar-refractivity contribution in [2.24, 2.45) is 15.9 Å². The third kappa shape index (κ3) is 2.29. The van der Waals surface area contributed by atoms with Gasteiger partial charge in [0.25, 0.3) is 0 Å². The van der Waals surface area contributed by atoms with Crippen LogP contribution in [0.5, 0.6) is 0 Å². The van der Waals surface area contributed by atoms with E-state index in [1.165, 1.54) is 19.3 Å². The zero-order valence-corrected chi connectivity index (χ0v) is 8.13. The smallest absolute Gasteiger partial charge is 0.146 e. The molecule has 0 aliphatic heterocycles. The number of hydrazone groups is 1. The first-order valence-electron chi connectivity index (χ1n) is 3.72. The fourth-order valence-electron chi connectivity index (χ4n) is 0.936. The Morgan fingerprint density at radius 1 is 1.55 bits per heavy atom. The number of aliphatic imine (C=N–C) groups is 1. The lowest BCUT2D eigenvalue weighted by molar-refractivity contribution is 0.421. The lowest BCUT2D eigenvalue weighted by atomic mass is 9.94. The van der Waals surface area contributed by atoms with Gasteiger partial charge in [0.15, 0.2) is 0 Å². The average Bonchev–Trinajstić information content (AvgIpc) is 1.94. The molecule has 1 aliphatic rings. The Balaban J connectivity index is 2.50. The molecule has 0 saturated heterocycles. The molecule has 0 unspecified atom stereocenters. The predicted octanol–water partition coefficient (Wildman–Crippen LogP) is 1.67. The summed E-state index contributed by atoms with van der Waals surface area (Å²) in [6.07, 6.45) is 3.73. The quantitative estimate of drug-likeness (QED) is 0.427. The number of halogens is 1. The molecule has 0 aromatic rings. The first kappa shape index (κ1) is 8.71. The number of nitrogens with zero attached hydrogens (tertiary/aromatic N) is 2. The van der Waals surface area contributed by atoms with E-state index in [4.69, 9.17) is 5.84 Å². The van der Waals surface area contributed by atoms with E-state index >= 15 is 0 Å². The summed E-state index contributed by atoms with van der Waals surface area (Å²) in [4.78, 5) is 4.41. The topological polar surface area (TPSA) is 50.7 Å². The SMILES string of the molecule is CC(=NC1CCC1)/C(Br)=N\N. The summed E-state index contributed by atoms with van der Waals surface area (Å²) >= 11 is 3.22. The molecule has 0 atom stereocenters. The van der Waals surface area contributed by atoms with Crippen LogP contribution in [0.4, 0.5) is 0 Å². The van der Waals surface area contributed by atoms with Crippen molar-refractivity contribution >= 4 is 26.3 Å². The van der Waals surface area contributed by atoms with Crippen LogP contribution in [0.2, 0.25) is 0 Å². The Morgan fingerprint density at radius 2 is 2.18 bits per heavy atom. The minimum absolute atomic E-state index is 0.518. The fraction of sp³-hybridized carbons (Fsp3) is 0.714. The minimum atomic E-state index is 0.518. The Morgan fingerprint density at radius 3 is 2.55 bits per heavy atom. The van der Waals surface area contributed by atoms with Gasteiger partial charge in [0.1, 0.15) is 4.62 Å². The van der Waals surface area contributed by atoms with Gasteiger partial charge in [-0.05, 0) is 42.1 Å². The molecule has 1 aliphatic carbocycles. The van der Waals surface area contributed by atoms with E-state index in [0.29, 0.717) is 10.7 Å². The summed E-state index contributed by atoms with van der Waals surface area (Å²) in [5.41, 5.74) is 0.900. The van der Waals surface area contributed by atoms with Crippen LogP contribution in [0, 0.1) is 0 Å². The molecule has 2 N–H and O–H groups in total. The minimum Gasteiger partial charge on any atom is -0.322 e. The molecule has 1 fully saturated rings. The monoisotopic (exact) mass is 217 g/mol. The summed E-state index contributed by atoms with van der Waals surface area (Å²) in [5.74, 6) is 5.07. The van der Waals surface area contributed by atoms with Gasteiger partial charge in [0, 0.05) is 0 Å². The molecule has 0 heterocycles. The van der Waals surface area contributed by atoms with Gasteiger partial charge < -0.3 is 5.84 Å². The third-order valence-corrected chi connectivity index (χ3v) is 2.64. The van der Waals surface area contributed by atoms with Gasteiger partial charge in [-0.25, -0.2) is 0 Å². The van der Waals surface area contributed by atoms with Gasteiger partial charge >= 0.3 is 0 Å². The van der Waals surface area contributed by atoms with Crippen molar-refractivity contribution in [3.63, 3.8) is 0 Å². The normalized spacial score (nSPS) is 21.6. The van der Waals surface area contributed by atoms with E-state index < -0.39 is 0 Å². The summed E-state index contributed by atoms with van der Waals surface area (Å²) in [7, 11) is 0. The Labute approximate surface area is 74.9 Å². The van der Waals surface area contributed by atoms with Crippen LogP contribution < -0.4 is 5.84 Å². The highest BCUT2D eigenvalue weighted by Gasteiger charge is 2.16. The molecule has 11 heavy (non-hydrogen) atoms. The molecule has 4 heteroatoms. The van der Waals surface area contributed by atoms with E-state index in [2.05, 4.69) is 26.0 Å². The van der Waals surface area contributed by atoms with E-state index in [0.717, 1.165) is 5.71 Å². The molecule has 62 valence electrons. The van der Waals surface area contributed by atoms with Crippen molar-refractivity contribution in [2.45, 2.75) is 32.2 Å². The standard InChI is InChI=1S/C7H12BrN3/c1-5(7(8)11-9)10-6-3-2-4-6/h6H,2-4,9H2,1H3/b10-5?,11-7+. The van der Waals surface area contributed by atoms with E-state index in [1.807, 2.05) is 6.92 Å². The summed E-state index contributed by atoms with van der Waals surface area (Å²) in [5, 5.41) is 3.50. The zero-order chi connectivity index (χ0) is 8.27. The van der Waals surface area contributed by atoms with Gasteiger partial charge in [0.05, 0.1) is 11.8 Å². The maximum atomic E-state index is 5.07. The van der Waals surface area contributed by atoms with E-state index in [1.54, 1.807) is 0 Å². The third-order valence-electron chi connectivity index (χ3n) is 1.86. The summed E-state index contributed by atoms with van der Waals surface area (Å²) in [6, 6.07) is 0.518. The van der Waals surface area contributed by atoms with Gasteiger partial charge in [-0.3, -0.25) is 4.99 Å². The van der Waals surface area contributed by atoms with Crippen LogP contribution in [0.25, 0.3) is 0 Å². The van der Waals surface area contributed by atoms with Crippen LogP contribution >= 0.6 is 15.9 Å². The van der Waals surface area contributed by atoms with E-state index in [-0.39, 0.29) is 0 Å². The van der Waals surface area contributed by atoms with Crippen LogP contribution in [-0.2, 0) is 0 Å². The number of hydrogen-bond acceptors (Lipinski definition) is 3. The molecular weight excluding hydrogens is 206 g/mol. The molecule has 0 spiro atoms. The second-order valence-electron chi connectivity index (χ2n) is 2.72. The van der Waals surface area contributed by atoms with Gasteiger partial charge in [-0.1, -0.05) is 0 Å². The van der Waals surface area contributed by atoms with Gasteiger partial charge in [-0.2, -0.15) is 5.10 Å². The molecule has 0 radical (unpaired) electrons. The van der Waals surface area contributed by atoms with Crippen molar-refractivity contribution in [2.75, 3.05) is 0 Å². The van der Waals surface area contributed by atoms with Gasteiger partial charge in [0.2, 0.25) is 0 Å². The van der Waals surface area contributed by atoms with Crippen molar-refractivity contribution in [1.82, 2.24) is 0 Å². The number of hydrogen-bond donors (Lipinski definition) is 1. The summed E-state index contributed by atoms with van der Waals surface area (Å²) in [6.45, 7) is 1.92. The largest absolute Gasteiger partial charge is 0.322 e. The fourth-order valence-corrected chi connectivity index (χ4v) is 1.04. The van der Waals surface area contributed by atoms with Crippen molar-refractivity contribution in [3.05, 3.63) is 0 Å². The van der Waals surface area contributed by atoms with Crippen molar-refractivity contribution in [3.8, 4) is 0 Å². The molecule has 0 bridgehead atoms. The molecule has 0 amide bonds. The molecule has 1 saturated carbocycles. The zero-order valence-electron chi connectivity index (χ0n) is 6.55. The molecule has 0 aromatic carbocycles. The Bertz CT molecular complexity index is 194. The maximum Gasteiger partial charge on any atom is 0.146 e. The van der Waals surface area contributed by atoms with E-state index in [9.17, 15) is 0 Å². The number of rotatable bonds is 2. The summed E-state index contributed by atoms with van der Waals surface area (Å²) < 4.78 is 0.657. The highest BCUT2D eigenvalue weighted by atomic mass is 79.9. The molecule has 3 nitrogen and oxygen atoms in total. The van der Waals surface area contributed by atoms with Gasteiger partial charge in [-0.15, -0.1) is 0 Å².